The fourth-order valence-electron chi connectivity index (χ4n) is 1.24. The van der Waals surface area contributed by atoms with Crippen LogP contribution >= 0.6 is 0 Å². The van der Waals surface area contributed by atoms with E-state index in [1.165, 1.54) is 0 Å². The standard InChI is InChI=1S/C9H19NO.Er/c1-5-7-9(11,6-2)8(3)10-4;/h11H,5-7H2,1-4H3;. The van der Waals surface area contributed by atoms with E-state index in [-0.39, 0.29) is 37.3 Å². The molecule has 0 aliphatic heterocycles. The molecule has 0 aromatic rings. The van der Waals surface area contributed by atoms with Crippen LogP contribution in [0.5, 0.6) is 0 Å². The molecule has 0 spiro atoms. The van der Waals surface area contributed by atoms with Crippen LogP contribution in [0, 0.1) is 37.3 Å². The molecule has 0 saturated carbocycles. The summed E-state index contributed by atoms with van der Waals surface area (Å²) in [5, 5.41) is 9.96. The first kappa shape index (κ1) is 15.4. The SMILES string of the molecule is CCCC(O)(CC)C(C)=NC.[Er]. The molecule has 12 heavy (non-hydrogen) atoms. The summed E-state index contributed by atoms with van der Waals surface area (Å²) in [6, 6.07) is 0. The van der Waals surface area contributed by atoms with Gasteiger partial charge in [0.15, 0.2) is 0 Å². The van der Waals surface area contributed by atoms with Crippen molar-refractivity contribution in [3.05, 3.63) is 0 Å². The van der Waals surface area contributed by atoms with E-state index in [1.807, 2.05) is 13.8 Å². The topological polar surface area (TPSA) is 32.6 Å². The summed E-state index contributed by atoms with van der Waals surface area (Å²) >= 11 is 0. The summed E-state index contributed by atoms with van der Waals surface area (Å²) in [6.45, 7) is 5.95. The molecule has 0 bridgehead atoms. The largest absolute Gasteiger partial charge is 0.384 e. The molecule has 0 aromatic carbocycles. The van der Waals surface area contributed by atoms with Crippen molar-refractivity contribution < 1.29 is 42.4 Å². The third-order valence-corrected chi connectivity index (χ3v) is 2.26. The van der Waals surface area contributed by atoms with Gasteiger partial charge in [-0.2, -0.15) is 0 Å². The predicted octanol–water partition coefficient (Wildman–Crippen LogP) is 2.02. The average molecular weight is 325 g/mol. The van der Waals surface area contributed by atoms with Gasteiger partial charge in [-0.3, -0.25) is 4.99 Å². The van der Waals surface area contributed by atoms with Gasteiger partial charge in [-0.05, 0) is 19.8 Å². The number of hydrogen-bond acceptors (Lipinski definition) is 2. The van der Waals surface area contributed by atoms with Crippen LogP contribution in [-0.2, 0) is 0 Å². The summed E-state index contributed by atoms with van der Waals surface area (Å²) in [7, 11) is 1.73. The fourth-order valence-corrected chi connectivity index (χ4v) is 1.24. The van der Waals surface area contributed by atoms with Gasteiger partial charge in [-0.25, -0.2) is 0 Å². The molecule has 0 radical (unpaired) electrons. The molecule has 1 atom stereocenters. The first-order chi connectivity index (χ1) is 5.10. The van der Waals surface area contributed by atoms with E-state index >= 15 is 0 Å². The molecule has 2 nitrogen and oxygen atoms in total. The maximum atomic E-state index is 9.96. The molecule has 0 rings (SSSR count). The molecule has 0 aliphatic carbocycles. The molecular formula is C9H19ErNO. The molecule has 0 saturated heterocycles. The van der Waals surface area contributed by atoms with Gasteiger partial charge in [0.2, 0.25) is 0 Å². The third kappa shape index (κ3) is 4.21. The maximum Gasteiger partial charge on any atom is 0.102 e. The minimum absolute atomic E-state index is 0. The van der Waals surface area contributed by atoms with Crippen molar-refractivity contribution in [1.29, 1.82) is 0 Å². The molecule has 0 amide bonds. The molecule has 1 N–H and O–H groups in total. The van der Waals surface area contributed by atoms with Crippen LogP contribution in [0.1, 0.15) is 40.0 Å². The van der Waals surface area contributed by atoms with Gasteiger partial charge in [0.05, 0.1) is 0 Å². The Morgan fingerprint density at radius 3 is 2.17 bits per heavy atom. The summed E-state index contributed by atoms with van der Waals surface area (Å²) in [5.74, 6) is 0. The maximum absolute atomic E-state index is 9.96. The van der Waals surface area contributed by atoms with E-state index in [0.717, 1.165) is 25.0 Å². The molecule has 0 aromatic heterocycles. The van der Waals surface area contributed by atoms with Crippen LogP contribution in [-0.4, -0.2) is 23.5 Å². The van der Waals surface area contributed by atoms with E-state index in [1.54, 1.807) is 7.05 Å². The van der Waals surface area contributed by atoms with E-state index in [0.29, 0.717) is 0 Å². The Balaban J connectivity index is 0. The van der Waals surface area contributed by atoms with Crippen molar-refractivity contribution >= 4 is 5.71 Å². The smallest absolute Gasteiger partial charge is 0.102 e. The van der Waals surface area contributed by atoms with Crippen LogP contribution < -0.4 is 0 Å². The quantitative estimate of drug-likeness (QED) is 0.789. The van der Waals surface area contributed by atoms with Crippen LogP contribution in [0.2, 0.25) is 0 Å². The molecule has 78 valence electrons. The summed E-state index contributed by atoms with van der Waals surface area (Å²) < 4.78 is 0. The Morgan fingerprint density at radius 1 is 1.42 bits per heavy atom. The second-order valence-corrected chi connectivity index (χ2v) is 2.94. The first-order valence-electron chi connectivity index (χ1n) is 4.27. The minimum Gasteiger partial charge on any atom is -0.384 e. The second-order valence-electron chi connectivity index (χ2n) is 2.94. The van der Waals surface area contributed by atoms with Gasteiger partial charge in [0.1, 0.15) is 5.60 Å². The zero-order chi connectivity index (χ0) is 8.91. The molecule has 0 heterocycles. The number of aliphatic hydroxyl groups is 1. The molecular weight excluding hydrogens is 305 g/mol. The Morgan fingerprint density at radius 2 is 1.92 bits per heavy atom. The summed E-state index contributed by atoms with van der Waals surface area (Å²) in [4.78, 5) is 4.02. The predicted molar refractivity (Wildman–Crippen MR) is 49.2 cm³/mol. The van der Waals surface area contributed by atoms with E-state index in [4.69, 9.17) is 0 Å². The molecule has 0 aliphatic rings. The zero-order valence-corrected chi connectivity index (χ0v) is 10.2. The van der Waals surface area contributed by atoms with E-state index in [9.17, 15) is 5.11 Å². The van der Waals surface area contributed by atoms with Crippen LogP contribution in [0.3, 0.4) is 0 Å². The Kier molecular flexibility index (Phi) is 9.34. The van der Waals surface area contributed by atoms with Gasteiger partial charge < -0.3 is 5.11 Å². The van der Waals surface area contributed by atoms with Gasteiger partial charge in [0.25, 0.3) is 0 Å². The van der Waals surface area contributed by atoms with Gasteiger partial charge in [0, 0.05) is 50.1 Å². The monoisotopic (exact) mass is 323 g/mol. The number of aliphatic imine (C=N–C) groups is 1. The fraction of sp³-hybridized carbons (Fsp3) is 0.889. The zero-order valence-electron chi connectivity index (χ0n) is 8.30. The Hall–Kier alpha value is 0.877. The van der Waals surface area contributed by atoms with Crippen LogP contribution in [0.15, 0.2) is 4.99 Å². The van der Waals surface area contributed by atoms with Crippen molar-refractivity contribution in [2.75, 3.05) is 7.05 Å². The van der Waals surface area contributed by atoms with Crippen molar-refractivity contribution in [3.63, 3.8) is 0 Å². The molecule has 1 unspecified atom stereocenters. The summed E-state index contributed by atoms with van der Waals surface area (Å²) in [6.07, 6.45) is 2.56. The number of rotatable bonds is 4. The second kappa shape index (κ2) is 7.30. The van der Waals surface area contributed by atoms with Crippen molar-refractivity contribution in [1.82, 2.24) is 0 Å². The Bertz CT molecular complexity index is 147. The molecule has 3 heteroatoms. The van der Waals surface area contributed by atoms with Gasteiger partial charge >= 0.3 is 0 Å². The third-order valence-electron chi connectivity index (χ3n) is 2.26. The average Bonchev–Trinajstić information content (AvgIpc) is 2.03. The molecule has 0 fully saturated rings. The van der Waals surface area contributed by atoms with E-state index < -0.39 is 5.60 Å². The number of nitrogens with zero attached hydrogens (tertiary/aromatic N) is 1. The Labute approximate surface area is 105 Å². The van der Waals surface area contributed by atoms with Gasteiger partial charge in [-0.15, -0.1) is 0 Å². The first-order valence-corrected chi connectivity index (χ1v) is 4.27. The number of hydrogen-bond donors (Lipinski definition) is 1. The minimum atomic E-state index is -0.649. The summed E-state index contributed by atoms with van der Waals surface area (Å²) in [5.41, 5.74) is 0.200. The van der Waals surface area contributed by atoms with Crippen LogP contribution in [0.4, 0.5) is 0 Å². The van der Waals surface area contributed by atoms with E-state index in [2.05, 4.69) is 11.9 Å². The normalized spacial score (nSPS) is 16.6. The van der Waals surface area contributed by atoms with Crippen LogP contribution in [0.25, 0.3) is 0 Å². The van der Waals surface area contributed by atoms with Crippen molar-refractivity contribution in [3.8, 4) is 0 Å². The van der Waals surface area contributed by atoms with Crippen molar-refractivity contribution in [2.24, 2.45) is 4.99 Å². The van der Waals surface area contributed by atoms with Crippen molar-refractivity contribution in [2.45, 2.75) is 45.6 Å². The van der Waals surface area contributed by atoms with Gasteiger partial charge in [-0.1, -0.05) is 20.3 Å².